The highest BCUT2D eigenvalue weighted by molar-refractivity contribution is 7.14. The Morgan fingerprint density at radius 2 is 1.83 bits per heavy atom. The van der Waals surface area contributed by atoms with Crippen LogP contribution in [0.4, 0.5) is 10.1 Å². The van der Waals surface area contributed by atoms with Gasteiger partial charge in [0.25, 0.3) is 11.8 Å². The van der Waals surface area contributed by atoms with Gasteiger partial charge < -0.3 is 10.6 Å². The van der Waals surface area contributed by atoms with Gasteiger partial charge in [0.2, 0.25) is 0 Å². The number of carbonyl (C=O) groups excluding carboxylic acids is 2. The maximum Gasteiger partial charge on any atom is 0.267 e. The maximum absolute atomic E-state index is 13.1. The Bertz CT molecular complexity index is 1080. The van der Waals surface area contributed by atoms with Crippen molar-refractivity contribution >= 4 is 40.4 Å². The molecule has 1 aromatic heterocycles. The van der Waals surface area contributed by atoms with Gasteiger partial charge in [-0.2, -0.15) is 0 Å². The summed E-state index contributed by atoms with van der Waals surface area (Å²) in [6, 6.07) is 10.9. The molecular formula is C22H21ClFN3O2S. The second kappa shape index (κ2) is 9.36. The van der Waals surface area contributed by atoms with Crippen molar-refractivity contribution in [2.24, 2.45) is 0 Å². The number of carbonyl (C=O) groups is 2. The van der Waals surface area contributed by atoms with Crippen LogP contribution in [-0.4, -0.2) is 22.8 Å². The number of anilines is 1. The fourth-order valence-corrected chi connectivity index (χ4v) is 3.96. The Morgan fingerprint density at radius 1 is 1.13 bits per heavy atom. The van der Waals surface area contributed by atoms with E-state index < -0.39 is 0 Å². The third kappa shape index (κ3) is 5.43. The second-order valence-electron chi connectivity index (χ2n) is 7.10. The Hall–Kier alpha value is -2.77. The van der Waals surface area contributed by atoms with Gasteiger partial charge >= 0.3 is 0 Å². The Morgan fingerprint density at radius 3 is 2.50 bits per heavy atom. The number of amides is 2. The van der Waals surface area contributed by atoms with Crippen LogP contribution in [0.15, 0.2) is 42.5 Å². The number of benzene rings is 2. The van der Waals surface area contributed by atoms with Crippen molar-refractivity contribution in [3.8, 4) is 0 Å². The molecule has 156 valence electrons. The number of halogens is 2. The normalized spacial score (nSPS) is 10.9. The monoisotopic (exact) mass is 445 g/mol. The van der Waals surface area contributed by atoms with Crippen molar-refractivity contribution in [3.63, 3.8) is 0 Å². The quantitative estimate of drug-likeness (QED) is 0.546. The van der Waals surface area contributed by atoms with Crippen LogP contribution < -0.4 is 10.6 Å². The first-order valence-electron chi connectivity index (χ1n) is 9.35. The highest BCUT2D eigenvalue weighted by Gasteiger charge is 2.18. The summed E-state index contributed by atoms with van der Waals surface area (Å²) in [6.45, 7) is 5.49. The molecule has 2 N–H and O–H groups in total. The van der Waals surface area contributed by atoms with Gasteiger partial charge in [0.15, 0.2) is 0 Å². The predicted molar refractivity (Wildman–Crippen MR) is 118 cm³/mol. The lowest BCUT2D eigenvalue weighted by Gasteiger charge is -2.11. The Balaban J connectivity index is 1.77. The van der Waals surface area contributed by atoms with Crippen LogP contribution in [0.1, 0.15) is 50.1 Å². The number of aryl methyl sites for hydroxylation is 1. The molecule has 0 fully saturated rings. The van der Waals surface area contributed by atoms with E-state index in [1.165, 1.54) is 23.5 Å². The SMILES string of the molecule is Cc1nc(Cc2ccc(F)cc2)sc1C(=O)Nc1cc(C(=O)NC(C)C)ccc1Cl. The number of nitrogens with zero attached hydrogens (tertiary/aromatic N) is 1. The minimum absolute atomic E-state index is 0.00871. The summed E-state index contributed by atoms with van der Waals surface area (Å²) in [5.74, 6) is -0.887. The van der Waals surface area contributed by atoms with Gasteiger partial charge in [-0.3, -0.25) is 9.59 Å². The van der Waals surface area contributed by atoms with E-state index in [4.69, 9.17) is 11.6 Å². The standard InChI is InChI=1S/C22H21ClFN3O2S/c1-12(2)25-21(28)15-6-9-17(23)18(11-15)27-22(29)20-13(3)26-19(30-20)10-14-4-7-16(24)8-5-14/h4-9,11-12H,10H2,1-3H3,(H,25,28)(H,27,29). The van der Waals surface area contributed by atoms with Crippen LogP contribution in [0.2, 0.25) is 5.02 Å². The second-order valence-corrected chi connectivity index (χ2v) is 8.59. The number of hydrogen-bond donors (Lipinski definition) is 2. The van der Waals surface area contributed by atoms with Crippen molar-refractivity contribution in [1.29, 1.82) is 0 Å². The van der Waals surface area contributed by atoms with Gasteiger partial charge in [0.1, 0.15) is 10.7 Å². The fourth-order valence-electron chi connectivity index (χ4n) is 2.80. The third-order valence-electron chi connectivity index (χ3n) is 4.21. The first-order chi connectivity index (χ1) is 14.2. The van der Waals surface area contributed by atoms with E-state index in [1.54, 1.807) is 37.3 Å². The van der Waals surface area contributed by atoms with E-state index in [9.17, 15) is 14.0 Å². The van der Waals surface area contributed by atoms with Crippen LogP contribution in [0, 0.1) is 12.7 Å². The lowest BCUT2D eigenvalue weighted by molar-refractivity contribution is 0.0942. The molecule has 0 aliphatic carbocycles. The molecule has 5 nitrogen and oxygen atoms in total. The van der Waals surface area contributed by atoms with E-state index in [2.05, 4.69) is 15.6 Å². The van der Waals surface area contributed by atoms with E-state index >= 15 is 0 Å². The van der Waals surface area contributed by atoms with Crippen LogP contribution in [0.5, 0.6) is 0 Å². The van der Waals surface area contributed by atoms with Crippen LogP contribution in [-0.2, 0) is 6.42 Å². The molecule has 3 rings (SSSR count). The topological polar surface area (TPSA) is 71.1 Å². The van der Waals surface area contributed by atoms with Crippen molar-refractivity contribution in [2.75, 3.05) is 5.32 Å². The van der Waals surface area contributed by atoms with Gasteiger partial charge in [0.05, 0.1) is 21.4 Å². The van der Waals surface area contributed by atoms with E-state index in [0.29, 0.717) is 33.3 Å². The highest BCUT2D eigenvalue weighted by atomic mass is 35.5. The minimum atomic E-state index is -0.348. The lowest BCUT2D eigenvalue weighted by Crippen LogP contribution is -2.30. The molecule has 0 bridgehead atoms. The largest absolute Gasteiger partial charge is 0.350 e. The molecular weight excluding hydrogens is 425 g/mol. The van der Waals surface area contributed by atoms with Crippen LogP contribution in [0.25, 0.3) is 0 Å². The zero-order valence-electron chi connectivity index (χ0n) is 16.8. The lowest BCUT2D eigenvalue weighted by atomic mass is 10.1. The minimum Gasteiger partial charge on any atom is -0.350 e. The molecule has 0 unspecified atom stereocenters. The van der Waals surface area contributed by atoms with Crippen molar-refractivity contribution in [3.05, 3.63) is 80.0 Å². The molecule has 1 heterocycles. The number of nitrogens with one attached hydrogen (secondary N) is 2. The predicted octanol–water partition coefficient (Wildman–Crippen LogP) is 5.23. The molecule has 0 aliphatic heterocycles. The number of aromatic nitrogens is 1. The molecule has 0 aliphatic rings. The number of hydrogen-bond acceptors (Lipinski definition) is 4. The summed E-state index contributed by atoms with van der Waals surface area (Å²) in [5.41, 5.74) is 2.26. The molecule has 2 aromatic carbocycles. The van der Waals surface area contributed by atoms with Gasteiger partial charge in [-0.1, -0.05) is 23.7 Å². The highest BCUT2D eigenvalue weighted by Crippen LogP contribution is 2.26. The molecule has 30 heavy (non-hydrogen) atoms. The molecule has 8 heteroatoms. The molecule has 0 saturated heterocycles. The Labute approximate surface area is 183 Å². The summed E-state index contributed by atoms with van der Waals surface area (Å²) in [4.78, 5) is 30.0. The first-order valence-corrected chi connectivity index (χ1v) is 10.5. The fraction of sp³-hybridized carbons (Fsp3) is 0.227. The van der Waals surface area contributed by atoms with Gasteiger partial charge in [-0.15, -0.1) is 11.3 Å². The molecule has 0 radical (unpaired) electrons. The Kier molecular flexibility index (Phi) is 6.84. The average Bonchev–Trinajstić information content (AvgIpc) is 3.05. The number of thiazole rings is 1. The van der Waals surface area contributed by atoms with Crippen LogP contribution >= 0.6 is 22.9 Å². The zero-order valence-corrected chi connectivity index (χ0v) is 18.3. The average molecular weight is 446 g/mol. The molecule has 0 saturated carbocycles. The van der Waals surface area contributed by atoms with Gasteiger partial charge in [0, 0.05) is 18.0 Å². The van der Waals surface area contributed by atoms with Crippen molar-refractivity contribution in [2.45, 2.75) is 33.2 Å². The van der Waals surface area contributed by atoms with Gasteiger partial charge in [-0.05, 0) is 56.7 Å². The van der Waals surface area contributed by atoms with E-state index in [1.807, 2.05) is 13.8 Å². The van der Waals surface area contributed by atoms with Gasteiger partial charge in [-0.25, -0.2) is 9.37 Å². The summed E-state index contributed by atoms with van der Waals surface area (Å²) in [7, 11) is 0. The number of rotatable bonds is 6. The summed E-state index contributed by atoms with van der Waals surface area (Å²) >= 11 is 7.49. The van der Waals surface area contributed by atoms with Crippen molar-refractivity contribution in [1.82, 2.24) is 10.3 Å². The molecule has 0 atom stereocenters. The molecule has 2 amide bonds. The maximum atomic E-state index is 13.1. The first kappa shape index (κ1) is 21.9. The summed E-state index contributed by atoms with van der Waals surface area (Å²) < 4.78 is 13.1. The third-order valence-corrected chi connectivity index (χ3v) is 5.70. The van der Waals surface area contributed by atoms with Crippen molar-refractivity contribution < 1.29 is 14.0 Å². The zero-order chi connectivity index (χ0) is 21.8. The summed E-state index contributed by atoms with van der Waals surface area (Å²) in [6.07, 6.45) is 0.505. The van der Waals surface area contributed by atoms with E-state index in [-0.39, 0.29) is 23.7 Å². The van der Waals surface area contributed by atoms with E-state index in [0.717, 1.165) is 10.6 Å². The summed E-state index contributed by atoms with van der Waals surface area (Å²) in [5, 5.41) is 6.66. The molecule has 0 spiro atoms. The van der Waals surface area contributed by atoms with Crippen LogP contribution in [0.3, 0.4) is 0 Å². The smallest absolute Gasteiger partial charge is 0.267 e. The molecule has 3 aromatic rings.